The topological polar surface area (TPSA) is 129 Å². The van der Waals surface area contributed by atoms with Crippen molar-refractivity contribution in [3.8, 4) is 23.0 Å². The van der Waals surface area contributed by atoms with Crippen LogP contribution in [0, 0.1) is 20.2 Å². The lowest BCUT2D eigenvalue weighted by atomic mass is 10.2. The molecule has 0 aromatic heterocycles. The van der Waals surface area contributed by atoms with Gasteiger partial charge in [0.1, 0.15) is 23.0 Å². The highest BCUT2D eigenvalue weighted by molar-refractivity contribution is 5.40. The summed E-state index contributed by atoms with van der Waals surface area (Å²) in [5, 5.41) is 28.3. The van der Waals surface area contributed by atoms with Crippen LogP contribution in [-0.2, 0) is 13.1 Å². The van der Waals surface area contributed by atoms with Gasteiger partial charge in [0.15, 0.2) is 0 Å². The number of nitro groups is 2. The van der Waals surface area contributed by atoms with Crippen molar-refractivity contribution in [1.29, 1.82) is 0 Å². The molecule has 0 aliphatic rings. The predicted molar refractivity (Wildman–Crippen MR) is 143 cm³/mol. The molecule has 194 valence electrons. The SMILES string of the molecule is O=[N+]([O-])c1ccc(Oc2ccc(CNCCNCc3ccc(Oc4ccc([N+](=O)[O-])cc4)cc3)cc2)cc1. The van der Waals surface area contributed by atoms with Crippen LogP contribution in [0.4, 0.5) is 11.4 Å². The maximum Gasteiger partial charge on any atom is 0.269 e. The molecule has 0 heterocycles. The van der Waals surface area contributed by atoms with Crippen molar-refractivity contribution < 1.29 is 19.3 Å². The van der Waals surface area contributed by atoms with Crippen molar-refractivity contribution in [2.75, 3.05) is 13.1 Å². The number of hydrogen-bond acceptors (Lipinski definition) is 8. The lowest BCUT2D eigenvalue weighted by Crippen LogP contribution is -2.26. The molecule has 38 heavy (non-hydrogen) atoms. The van der Waals surface area contributed by atoms with Crippen molar-refractivity contribution in [3.63, 3.8) is 0 Å². The van der Waals surface area contributed by atoms with E-state index in [1.807, 2.05) is 48.5 Å². The average molecular weight is 515 g/mol. The zero-order chi connectivity index (χ0) is 26.7. The molecule has 0 amide bonds. The fourth-order valence-electron chi connectivity index (χ4n) is 3.54. The van der Waals surface area contributed by atoms with Gasteiger partial charge in [0.2, 0.25) is 0 Å². The zero-order valence-electron chi connectivity index (χ0n) is 20.4. The summed E-state index contributed by atoms with van der Waals surface area (Å²) in [6.07, 6.45) is 0. The number of non-ortho nitro benzene ring substituents is 2. The third-order valence-electron chi connectivity index (χ3n) is 5.55. The molecule has 2 N–H and O–H groups in total. The van der Waals surface area contributed by atoms with Crippen molar-refractivity contribution in [2.24, 2.45) is 0 Å². The molecule has 0 aliphatic carbocycles. The van der Waals surface area contributed by atoms with Gasteiger partial charge in [0, 0.05) is 50.4 Å². The van der Waals surface area contributed by atoms with Gasteiger partial charge in [-0.05, 0) is 59.7 Å². The van der Waals surface area contributed by atoms with Crippen LogP contribution in [0.5, 0.6) is 23.0 Å². The summed E-state index contributed by atoms with van der Waals surface area (Å²) in [6.45, 7) is 3.02. The molecular weight excluding hydrogens is 488 g/mol. The van der Waals surface area contributed by atoms with Crippen LogP contribution < -0.4 is 20.1 Å². The smallest absolute Gasteiger partial charge is 0.269 e. The van der Waals surface area contributed by atoms with Gasteiger partial charge in [-0.2, -0.15) is 0 Å². The highest BCUT2D eigenvalue weighted by Gasteiger charge is 2.06. The molecule has 0 fully saturated rings. The summed E-state index contributed by atoms with van der Waals surface area (Å²) in [7, 11) is 0. The summed E-state index contributed by atoms with van der Waals surface area (Å²) in [5.74, 6) is 2.40. The first kappa shape index (κ1) is 26.3. The van der Waals surface area contributed by atoms with Crippen LogP contribution in [0.1, 0.15) is 11.1 Å². The summed E-state index contributed by atoms with van der Waals surface area (Å²) >= 11 is 0. The van der Waals surface area contributed by atoms with Crippen molar-refractivity contribution in [3.05, 3.63) is 128 Å². The van der Waals surface area contributed by atoms with Gasteiger partial charge in [-0.1, -0.05) is 24.3 Å². The second-order valence-electron chi connectivity index (χ2n) is 8.35. The Balaban J connectivity index is 1.12. The van der Waals surface area contributed by atoms with Crippen molar-refractivity contribution in [2.45, 2.75) is 13.1 Å². The molecule has 0 spiro atoms. The fourth-order valence-corrected chi connectivity index (χ4v) is 3.54. The molecule has 0 atom stereocenters. The van der Waals surface area contributed by atoms with E-state index in [0.717, 1.165) is 24.2 Å². The van der Waals surface area contributed by atoms with Gasteiger partial charge in [-0.3, -0.25) is 20.2 Å². The Bertz CT molecular complexity index is 1240. The lowest BCUT2D eigenvalue weighted by Gasteiger charge is -2.09. The van der Waals surface area contributed by atoms with Crippen molar-refractivity contribution in [1.82, 2.24) is 10.6 Å². The molecule has 4 aromatic carbocycles. The number of nitrogens with one attached hydrogen (secondary N) is 2. The van der Waals surface area contributed by atoms with E-state index in [2.05, 4.69) is 10.6 Å². The summed E-state index contributed by atoms with van der Waals surface area (Å²) in [4.78, 5) is 20.6. The fraction of sp³-hybridized carbons (Fsp3) is 0.143. The van der Waals surface area contributed by atoms with E-state index in [4.69, 9.17) is 9.47 Å². The van der Waals surface area contributed by atoms with Crippen LogP contribution in [0.25, 0.3) is 0 Å². The van der Waals surface area contributed by atoms with E-state index in [1.165, 1.54) is 24.3 Å². The molecule has 0 unspecified atom stereocenters. The van der Waals surface area contributed by atoms with E-state index >= 15 is 0 Å². The van der Waals surface area contributed by atoms with E-state index < -0.39 is 9.85 Å². The van der Waals surface area contributed by atoms with Gasteiger partial charge in [0.25, 0.3) is 11.4 Å². The first-order chi connectivity index (χ1) is 18.5. The van der Waals surface area contributed by atoms with Crippen LogP contribution in [0.15, 0.2) is 97.1 Å². The standard InChI is InChI=1S/C28H26N4O6/c33-31(34)23-5-13-27(14-6-23)37-25-9-1-21(2-10-25)19-29-17-18-30-20-22-3-11-26(12-4-22)38-28-15-7-24(8-16-28)32(35)36/h1-16,29-30H,17-20H2. The summed E-state index contributed by atoms with van der Waals surface area (Å²) in [6, 6.07) is 27.3. The van der Waals surface area contributed by atoms with Gasteiger partial charge in [0.05, 0.1) is 9.85 Å². The van der Waals surface area contributed by atoms with Crippen LogP contribution in [0.2, 0.25) is 0 Å². The third kappa shape index (κ3) is 7.85. The molecule has 0 radical (unpaired) electrons. The Kier molecular flexibility index (Phi) is 8.95. The quantitative estimate of drug-likeness (QED) is 0.127. The monoisotopic (exact) mass is 514 g/mol. The lowest BCUT2D eigenvalue weighted by molar-refractivity contribution is -0.385. The summed E-state index contributed by atoms with van der Waals surface area (Å²) in [5.41, 5.74) is 2.28. The zero-order valence-corrected chi connectivity index (χ0v) is 20.4. The minimum atomic E-state index is -0.443. The maximum atomic E-state index is 10.7. The van der Waals surface area contributed by atoms with E-state index in [0.29, 0.717) is 36.1 Å². The molecule has 0 aliphatic heterocycles. The highest BCUT2D eigenvalue weighted by Crippen LogP contribution is 2.25. The third-order valence-corrected chi connectivity index (χ3v) is 5.55. The molecule has 4 aromatic rings. The number of nitro benzene ring substituents is 2. The second kappa shape index (κ2) is 12.9. The molecular formula is C28H26N4O6. The van der Waals surface area contributed by atoms with E-state index in [-0.39, 0.29) is 11.4 Å². The Morgan fingerprint density at radius 2 is 0.789 bits per heavy atom. The minimum absolute atomic E-state index is 0.0256. The largest absolute Gasteiger partial charge is 0.457 e. The molecule has 10 nitrogen and oxygen atoms in total. The molecule has 4 rings (SSSR count). The summed E-state index contributed by atoms with van der Waals surface area (Å²) < 4.78 is 11.5. The highest BCUT2D eigenvalue weighted by atomic mass is 16.6. The molecule has 0 saturated carbocycles. The van der Waals surface area contributed by atoms with Crippen LogP contribution in [-0.4, -0.2) is 22.9 Å². The Morgan fingerprint density at radius 3 is 1.08 bits per heavy atom. The maximum absolute atomic E-state index is 10.7. The second-order valence-corrected chi connectivity index (χ2v) is 8.35. The molecule has 0 bridgehead atoms. The van der Waals surface area contributed by atoms with E-state index in [1.54, 1.807) is 24.3 Å². The predicted octanol–water partition coefficient (Wildman–Crippen LogP) is 5.97. The van der Waals surface area contributed by atoms with Crippen LogP contribution >= 0.6 is 0 Å². The van der Waals surface area contributed by atoms with E-state index in [9.17, 15) is 20.2 Å². The minimum Gasteiger partial charge on any atom is -0.457 e. The Morgan fingerprint density at radius 1 is 0.500 bits per heavy atom. The first-order valence-corrected chi connectivity index (χ1v) is 11.9. The van der Waals surface area contributed by atoms with Crippen molar-refractivity contribution >= 4 is 11.4 Å². The van der Waals surface area contributed by atoms with Gasteiger partial charge in [-0.25, -0.2) is 0 Å². The molecule has 0 saturated heterocycles. The Hall–Kier alpha value is -4.80. The normalized spacial score (nSPS) is 10.6. The first-order valence-electron chi connectivity index (χ1n) is 11.9. The van der Waals surface area contributed by atoms with Gasteiger partial charge >= 0.3 is 0 Å². The average Bonchev–Trinajstić information content (AvgIpc) is 2.93. The number of nitrogens with zero attached hydrogens (tertiary/aromatic N) is 2. The number of rotatable bonds is 13. The van der Waals surface area contributed by atoms with Gasteiger partial charge in [-0.15, -0.1) is 0 Å². The van der Waals surface area contributed by atoms with Crippen LogP contribution in [0.3, 0.4) is 0 Å². The number of benzene rings is 4. The number of ether oxygens (including phenoxy) is 2. The Labute approximate surface area is 219 Å². The van der Waals surface area contributed by atoms with Gasteiger partial charge < -0.3 is 20.1 Å². The number of hydrogen-bond donors (Lipinski definition) is 2. The molecule has 10 heteroatoms.